The summed E-state index contributed by atoms with van der Waals surface area (Å²) < 4.78 is 101. The minimum atomic E-state index is -4.36. The van der Waals surface area contributed by atoms with Gasteiger partial charge in [0.1, 0.15) is 24.4 Å². The van der Waals surface area contributed by atoms with Crippen LogP contribution in [-0.2, 0) is 46.9 Å². The van der Waals surface area contributed by atoms with Crippen molar-refractivity contribution in [2.24, 2.45) is 0 Å². The fourth-order valence-electron chi connectivity index (χ4n) is 2.93. The molecular formula is C26H54O10S2Si2. The molecule has 0 saturated heterocycles. The van der Waals surface area contributed by atoms with Crippen LogP contribution in [0.5, 0.6) is 0 Å². The lowest BCUT2D eigenvalue weighted by atomic mass is 10.0. The van der Waals surface area contributed by atoms with Gasteiger partial charge in [-0.3, -0.25) is 8.37 Å². The topological polar surface area (TPSA) is 124 Å². The van der Waals surface area contributed by atoms with Crippen LogP contribution in [0.1, 0.15) is 44.3 Å². The number of hydrogen-bond donors (Lipinski definition) is 0. The largest absolute Gasteiger partial charge is 0.414 e. The molecule has 10 nitrogen and oxygen atoms in total. The van der Waals surface area contributed by atoms with E-state index >= 15 is 0 Å². The van der Waals surface area contributed by atoms with Crippen LogP contribution in [0.25, 0.3) is 0 Å². The van der Waals surface area contributed by atoms with Gasteiger partial charge in [0, 0.05) is 2.74 Å². The van der Waals surface area contributed by atoms with Gasteiger partial charge in [0.25, 0.3) is 20.2 Å². The molecule has 14 heteroatoms. The minimum absolute atomic E-state index is 0.0828. The van der Waals surface area contributed by atoms with Crippen LogP contribution < -0.4 is 0 Å². The third kappa shape index (κ3) is 14.2. The summed E-state index contributed by atoms with van der Waals surface area (Å²) in [5.74, 6) is 0. The molecule has 0 aliphatic heterocycles. The van der Waals surface area contributed by atoms with Crippen LogP contribution in [0.4, 0.5) is 0 Å². The molecule has 0 aromatic rings. The molecule has 0 amide bonds. The molecule has 0 rings (SSSR count). The van der Waals surface area contributed by atoms with Crippen LogP contribution >= 0.6 is 0 Å². The molecule has 0 fully saturated rings. The van der Waals surface area contributed by atoms with E-state index in [2.05, 4.69) is 13.2 Å². The van der Waals surface area contributed by atoms with Crippen molar-refractivity contribution in [3.63, 3.8) is 0 Å². The molecule has 0 aliphatic rings. The fraction of sp³-hybridized carbons (Fsp3) is 0.846. The lowest BCUT2D eigenvalue weighted by Gasteiger charge is -2.41. The van der Waals surface area contributed by atoms with E-state index in [4.69, 9.17) is 29.4 Å². The normalized spacial score (nSPS) is 17.9. The van der Waals surface area contributed by atoms with Gasteiger partial charge >= 0.3 is 0 Å². The Kier molecular flexibility index (Phi) is 13.7. The Morgan fingerprint density at radius 1 is 0.700 bits per heavy atom. The summed E-state index contributed by atoms with van der Waals surface area (Å²) in [5, 5.41) is -0.458. The number of hydrogen-bond acceptors (Lipinski definition) is 10. The Morgan fingerprint density at radius 2 is 1.00 bits per heavy atom. The van der Waals surface area contributed by atoms with E-state index in [0.717, 1.165) is 0 Å². The first-order valence-corrected chi connectivity index (χ1v) is 22.0. The summed E-state index contributed by atoms with van der Waals surface area (Å²) in [6, 6.07) is 0. The molecule has 0 N–H and O–H groups in total. The predicted molar refractivity (Wildman–Crippen MR) is 166 cm³/mol. The van der Waals surface area contributed by atoms with Gasteiger partial charge in [0.05, 0.1) is 38.9 Å². The summed E-state index contributed by atoms with van der Waals surface area (Å²) in [5.41, 5.74) is 0. The third-order valence-electron chi connectivity index (χ3n) is 7.24. The molecule has 4 atom stereocenters. The zero-order valence-corrected chi connectivity index (χ0v) is 29.7. The second kappa shape index (κ2) is 15.3. The van der Waals surface area contributed by atoms with Crippen LogP contribution in [-0.4, -0.2) is 96.8 Å². The molecule has 0 radical (unpaired) electrons. The van der Waals surface area contributed by atoms with Crippen LogP contribution in [0, 0.1) is 0 Å². The van der Waals surface area contributed by atoms with E-state index in [1.54, 1.807) is 0 Å². The smallest absolute Gasteiger partial charge is 0.264 e. The first-order chi connectivity index (χ1) is 18.9. The minimum Gasteiger partial charge on any atom is -0.414 e. The lowest BCUT2D eigenvalue weighted by molar-refractivity contribution is -0.147. The van der Waals surface area contributed by atoms with Gasteiger partial charge in [0.15, 0.2) is 16.6 Å². The molecule has 0 saturated carbocycles. The Hall–Kier alpha value is -0.426. The maximum absolute atomic E-state index is 12.6. The quantitative estimate of drug-likeness (QED) is 0.109. The van der Waals surface area contributed by atoms with E-state index in [-0.39, 0.29) is 36.5 Å². The van der Waals surface area contributed by atoms with E-state index in [0.29, 0.717) is 0 Å². The number of ether oxygens (including phenoxy) is 2. The Balaban J connectivity index is 7.03. The van der Waals surface area contributed by atoms with Crippen molar-refractivity contribution in [3.05, 3.63) is 25.3 Å². The molecule has 238 valence electrons. The van der Waals surface area contributed by atoms with Gasteiger partial charge in [-0.25, -0.2) is 0 Å². The second-order valence-corrected chi connectivity index (χ2v) is 24.9. The predicted octanol–water partition coefficient (Wildman–Crippen LogP) is 4.86. The SMILES string of the molecule is [2H]CS(=O)(=O)O[C@H](CO[Si](C)(C)C(C)(C)C)[C@@H](OCC=C)[C@H](OCC=C)[C@@H](CO[Si](C)(C)C(C)(C)C)OS(=O)(=O)C[2H]. The van der Waals surface area contributed by atoms with Gasteiger partial charge in [0.2, 0.25) is 0 Å². The second-order valence-electron chi connectivity index (χ2n) is 12.7. The maximum Gasteiger partial charge on any atom is 0.264 e. The number of rotatable bonds is 19. The molecule has 0 aromatic heterocycles. The van der Waals surface area contributed by atoms with Crippen molar-refractivity contribution in [1.29, 1.82) is 0 Å². The third-order valence-corrected chi connectivity index (χ3v) is 17.3. The van der Waals surface area contributed by atoms with Crippen molar-refractivity contribution < 1.29 is 46.3 Å². The van der Waals surface area contributed by atoms with Crippen LogP contribution in [0.2, 0.25) is 36.3 Å². The monoisotopic (exact) mass is 648 g/mol. The van der Waals surface area contributed by atoms with Crippen molar-refractivity contribution in [3.8, 4) is 0 Å². The average molecular weight is 649 g/mol. The molecular weight excluding hydrogens is 593 g/mol. The summed E-state index contributed by atoms with van der Waals surface area (Å²) in [7, 11) is -13.6. The first-order valence-electron chi connectivity index (χ1n) is 14.4. The van der Waals surface area contributed by atoms with Gasteiger partial charge in [-0.1, -0.05) is 53.7 Å². The van der Waals surface area contributed by atoms with Gasteiger partial charge in [-0.15, -0.1) is 13.2 Å². The summed E-state index contributed by atoms with van der Waals surface area (Å²) in [6.07, 6.45) is -4.54. The van der Waals surface area contributed by atoms with Crippen LogP contribution in [0.15, 0.2) is 25.3 Å². The van der Waals surface area contributed by atoms with E-state index in [1.807, 2.05) is 67.7 Å². The first kappa shape index (κ1) is 35.8. The summed E-state index contributed by atoms with van der Waals surface area (Å²) >= 11 is 0. The maximum atomic E-state index is 12.6. The van der Waals surface area contributed by atoms with Crippen molar-refractivity contribution in [1.82, 2.24) is 0 Å². The molecule has 0 aromatic carbocycles. The standard InChI is InChI=1S/C26H54O10S2Si2/c1-15-17-31-23(21(35-37(9,27)28)19-33-39(11,12)25(3,4)5)24(32-18-16-2)22(36-38(10,29)30)20-34-40(13,14)26(6,7)8/h15-16,21-24H,1-2,17-20H2,3-14H3/t21-,22-,23-,24-/m1/s1/i9D,10D. The van der Waals surface area contributed by atoms with Crippen LogP contribution in [0.3, 0.4) is 0 Å². The molecule has 40 heavy (non-hydrogen) atoms. The van der Waals surface area contributed by atoms with Crippen molar-refractivity contribution >= 4 is 36.9 Å². The highest BCUT2D eigenvalue weighted by Crippen LogP contribution is 2.38. The van der Waals surface area contributed by atoms with E-state index < -0.39 is 73.8 Å². The zero-order chi connectivity index (χ0) is 33.2. The van der Waals surface area contributed by atoms with Gasteiger partial charge in [-0.05, 0) is 36.3 Å². The highest BCUT2D eigenvalue weighted by molar-refractivity contribution is 7.86. The Morgan fingerprint density at radius 3 is 1.23 bits per heavy atom. The molecule has 0 spiro atoms. The highest BCUT2D eigenvalue weighted by Gasteiger charge is 2.45. The van der Waals surface area contributed by atoms with Crippen molar-refractivity contribution in [2.45, 2.75) is 102 Å². The van der Waals surface area contributed by atoms with Gasteiger partial charge < -0.3 is 18.3 Å². The Labute approximate surface area is 249 Å². The van der Waals surface area contributed by atoms with Crippen molar-refractivity contribution in [2.75, 3.05) is 38.9 Å². The van der Waals surface area contributed by atoms with Gasteiger partial charge in [-0.2, -0.15) is 16.8 Å². The highest BCUT2D eigenvalue weighted by atomic mass is 32.2. The average Bonchev–Trinajstić information content (AvgIpc) is 2.85. The fourth-order valence-corrected chi connectivity index (χ4v) is 6.04. The van der Waals surface area contributed by atoms with E-state index in [1.165, 1.54) is 12.2 Å². The Bertz CT molecular complexity index is 972. The summed E-state index contributed by atoms with van der Waals surface area (Å²) in [6.45, 7) is 26.7. The molecule has 0 heterocycles. The van der Waals surface area contributed by atoms with E-state index in [9.17, 15) is 16.8 Å². The summed E-state index contributed by atoms with van der Waals surface area (Å²) in [4.78, 5) is 0. The molecule has 0 aliphatic carbocycles. The lowest BCUT2D eigenvalue weighted by Crippen LogP contribution is -2.55. The molecule has 0 unspecified atom stereocenters. The molecule has 0 bridgehead atoms. The zero-order valence-electron chi connectivity index (χ0n) is 28.0.